The van der Waals surface area contributed by atoms with E-state index in [1.54, 1.807) is 7.05 Å². The number of aryl methyl sites for hydroxylation is 2. The molecule has 2 rings (SSSR count). The Kier molecular flexibility index (Phi) is 3.81. The summed E-state index contributed by atoms with van der Waals surface area (Å²) in [6, 6.07) is 5.94. The van der Waals surface area contributed by atoms with Crippen LogP contribution in [0.4, 0.5) is 5.82 Å². The largest absolute Gasteiger partial charge is 0.438 e. The van der Waals surface area contributed by atoms with E-state index < -0.39 is 0 Å². The van der Waals surface area contributed by atoms with Gasteiger partial charge in [0.15, 0.2) is 0 Å². The first kappa shape index (κ1) is 12.8. The Labute approximate surface area is 115 Å². The van der Waals surface area contributed by atoms with Crippen molar-refractivity contribution in [1.82, 2.24) is 9.97 Å². The molecule has 0 unspecified atom stereocenters. The molecule has 2 aromatic rings. The molecule has 0 spiro atoms. The first-order valence-electron chi connectivity index (χ1n) is 5.55. The smallest absolute Gasteiger partial charge is 0.238 e. The molecule has 0 bridgehead atoms. The molecule has 1 aromatic carbocycles. The van der Waals surface area contributed by atoms with Gasteiger partial charge in [-0.05, 0) is 53.0 Å². The normalized spacial score (nSPS) is 10.2. The molecule has 5 heteroatoms. The second-order valence-electron chi connectivity index (χ2n) is 3.94. The standard InChI is InChI=1S/C13H14BrN3O/c1-8-4-5-10(6-9(8)2)18-13-11(14)12(15-3)16-7-17-13/h4-7H,1-3H3,(H,15,16,17). The van der Waals surface area contributed by atoms with Crippen LogP contribution in [0, 0.1) is 13.8 Å². The van der Waals surface area contributed by atoms with Gasteiger partial charge in [0.25, 0.3) is 0 Å². The first-order chi connectivity index (χ1) is 8.61. The summed E-state index contributed by atoms with van der Waals surface area (Å²) in [5, 5.41) is 2.96. The Bertz CT molecular complexity index is 572. The Morgan fingerprint density at radius 3 is 2.61 bits per heavy atom. The number of benzene rings is 1. The van der Waals surface area contributed by atoms with Crippen LogP contribution in [0.3, 0.4) is 0 Å². The molecule has 1 heterocycles. The van der Waals surface area contributed by atoms with Gasteiger partial charge in [-0.3, -0.25) is 0 Å². The van der Waals surface area contributed by atoms with E-state index in [0.717, 1.165) is 5.75 Å². The van der Waals surface area contributed by atoms with Crippen LogP contribution >= 0.6 is 15.9 Å². The van der Waals surface area contributed by atoms with Gasteiger partial charge in [-0.1, -0.05) is 6.07 Å². The van der Waals surface area contributed by atoms with Crippen molar-refractivity contribution in [3.05, 3.63) is 40.1 Å². The molecule has 18 heavy (non-hydrogen) atoms. The van der Waals surface area contributed by atoms with Gasteiger partial charge < -0.3 is 10.1 Å². The maximum atomic E-state index is 5.75. The Balaban J connectivity index is 2.31. The van der Waals surface area contributed by atoms with Crippen LogP contribution in [-0.4, -0.2) is 17.0 Å². The summed E-state index contributed by atoms with van der Waals surface area (Å²) in [5.41, 5.74) is 2.42. The van der Waals surface area contributed by atoms with Crippen LogP contribution in [-0.2, 0) is 0 Å². The lowest BCUT2D eigenvalue weighted by molar-refractivity contribution is 0.458. The molecule has 0 radical (unpaired) electrons. The van der Waals surface area contributed by atoms with Crippen molar-refractivity contribution in [2.75, 3.05) is 12.4 Å². The highest BCUT2D eigenvalue weighted by Gasteiger charge is 2.09. The van der Waals surface area contributed by atoms with E-state index in [9.17, 15) is 0 Å². The molecular formula is C13H14BrN3O. The number of halogens is 1. The molecule has 94 valence electrons. The predicted octanol–water partition coefficient (Wildman–Crippen LogP) is 3.69. The van der Waals surface area contributed by atoms with Crippen LogP contribution in [0.25, 0.3) is 0 Å². The second kappa shape index (κ2) is 5.35. The van der Waals surface area contributed by atoms with Crippen molar-refractivity contribution >= 4 is 21.7 Å². The number of hydrogen-bond donors (Lipinski definition) is 1. The molecule has 0 atom stereocenters. The Morgan fingerprint density at radius 2 is 1.94 bits per heavy atom. The molecule has 0 fully saturated rings. The minimum absolute atomic E-state index is 0.498. The van der Waals surface area contributed by atoms with Gasteiger partial charge in [0, 0.05) is 7.05 Å². The maximum Gasteiger partial charge on any atom is 0.238 e. The zero-order chi connectivity index (χ0) is 13.1. The van der Waals surface area contributed by atoms with Gasteiger partial charge in [0.1, 0.15) is 22.4 Å². The van der Waals surface area contributed by atoms with Crippen molar-refractivity contribution in [2.45, 2.75) is 13.8 Å². The predicted molar refractivity (Wildman–Crippen MR) is 75.3 cm³/mol. The van der Waals surface area contributed by atoms with Gasteiger partial charge in [-0.25, -0.2) is 9.97 Å². The van der Waals surface area contributed by atoms with Crippen LogP contribution in [0.1, 0.15) is 11.1 Å². The molecule has 1 N–H and O–H groups in total. The molecule has 0 saturated carbocycles. The van der Waals surface area contributed by atoms with Crippen molar-refractivity contribution in [3.8, 4) is 11.6 Å². The lowest BCUT2D eigenvalue weighted by atomic mass is 10.1. The fraction of sp³-hybridized carbons (Fsp3) is 0.231. The summed E-state index contributed by atoms with van der Waals surface area (Å²) in [4.78, 5) is 8.20. The molecule has 0 amide bonds. The molecule has 1 aromatic heterocycles. The summed E-state index contributed by atoms with van der Waals surface area (Å²) in [6.07, 6.45) is 1.47. The van der Waals surface area contributed by atoms with E-state index >= 15 is 0 Å². The van der Waals surface area contributed by atoms with E-state index in [4.69, 9.17) is 4.74 Å². The molecule has 4 nitrogen and oxygen atoms in total. The Morgan fingerprint density at radius 1 is 1.17 bits per heavy atom. The SMILES string of the molecule is CNc1ncnc(Oc2ccc(C)c(C)c2)c1Br. The van der Waals surface area contributed by atoms with Gasteiger partial charge in [0.05, 0.1) is 0 Å². The summed E-state index contributed by atoms with van der Waals surface area (Å²) in [7, 11) is 1.80. The summed E-state index contributed by atoms with van der Waals surface area (Å²) < 4.78 is 6.46. The Hall–Kier alpha value is -1.62. The number of rotatable bonds is 3. The van der Waals surface area contributed by atoms with Gasteiger partial charge >= 0.3 is 0 Å². The van der Waals surface area contributed by atoms with Crippen LogP contribution in [0.2, 0.25) is 0 Å². The van der Waals surface area contributed by atoms with Gasteiger partial charge in [-0.2, -0.15) is 0 Å². The van der Waals surface area contributed by atoms with Crippen molar-refractivity contribution < 1.29 is 4.74 Å². The maximum absolute atomic E-state index is 5.75. The molecule has 0 aliphatic heterocycles. The van der Waals surface area contributed by atoms with E-state index in [1.165, 1.54) is 17.5 Å². The van der Waals surface area contributed by atoms with Crippen molar-refractivity contribution in [2.24, 2.45) is 0 Å². The fourth-order valence-electron chi connectivity index (χ4n) is 1.49. The highest BCUT2D eigenvalue weighted by molar-refractivity contribution is 9.10. The number of nitrogens with one attached hydrogen (secondary N) is 1. The van der Waals surface area contributed by atoms with Crippen LogP contribution in [0.15, 0.2) is 29.0 Å². The van der Waals surface area contributed by atoms with Crippen LogP contribution < -0.4 is 10.1 Å². The van der Waals surface area contributed by atoms with Crippen molar-refractivity contribution in [1.29, 1.82) is 0 Å². The average molecular weight is 308 g/mol. The number of hydrogen-bond acceptors (Lipinski definition) is 4. The number of ether oxygens (including phenoxy) is 1. The van der Waals surface area contributed by atoms with E-state index in [2.05, 4.69) is 45.1 Å². The zero-order valence-corrected chi connectivity index (χ0v) is 12.1. The number of anilines is 1. The fourth-order valence-corrected chi connectivity index (χ4v) is 1.97. The highest BCUT2D eigenvalue weighted by Crippen LogP contribution is 2.32. The average Bonchev–Trinajstić information content (AvgIpc) is 2.36. The summed E-state index contributed by atoms with van der Waals surface area (Å²) in [5.74, 6) is 1.96. The van der Waals surface area contributed by atoms with Crippen molar-refractivity contribution in [3.63, 3.8) is 0 Å². The van der Waals surface area contributed by atoms with E-state index in [1.807, 2.05) is 18.2 Å². The quantitative estimate of drug-likeness (QED) is 0.939. The first-order valence-corrected chi connectivity index (χ1v) is 6.34. The lowest BCUT2D eigenvalue weighted by Gasteiger charge is -2.10. The molecule has 0 aliphatic carbocycles. The minimum atomic E-state index is 0.498. The van der Waals surface area contributed by atoms with Gasteiger partial charge in [-0.15, -0.1) is 0 Å². The van der Waals surface area contributed by atoms with E-state index in [-0.39, 0.29) is 0 Å². The highest BCUT2D eigenvalue weighted by atomic mass is 79.9. The van der Waals surface area contributed by atoms with E-state index in [0.29, 0.717) is 16.2 Å². The summed E-state index contributed by atoms with van der Waals surface area (Å²) >= 11 is 3.42. The molecular weight excluding hydrogens is 294 g/mol. The second-order valence-corrected chi connectivity index (χ2v) is 4.73. The third-order valence-electron chi connectivity index (χ3n) is 2.69. The summed E-state index contributed by atoms with van der Waals surface area (Å²) in [6.45, 7) is 4.12. The number of aromatic nitrogens is 2. The zero-order valence-electron chi connectivity index (χ0n) is 10.5. The van der Waals surface area contributed by atoms with Crippen LogP contribution in [0.5, 0.6) is 11.6 Å². The topological polar surface area (TPSA) is 47.0 Å². The van der Waals surface area contributed by atoms with Gasteiger partial charge in [0.2, 0.25) is 5.88 Å². The minimum Gasteiger partial charge on any atom is -0.438 e. The third kappa shape index (κ3) is 2.61. The molecule has 0 saturated heterocycles. The molecule has 0 aliphatic rings. The lowest BCUT2D eigenvalue weighted by Crippen LogP contribution is -1.97. The third-order valence-corrected chi connectivity index (χ3v) is 3.40. The number of nitrogens with zero attached hydrogens (tertiary/aromatic N) is 2. The monoisotopic (exact) mass is 307 g/mol.